The molecule has 0 N–H and O–H groups in total. The third-order valence-corrected chi connectivity index (χ3v) is 5.20. The van der Waals surface area contributed by atoms with E-state index in [-0.39, 0.29) is 11.9 Å². The Hall–Kier alpha value is -0.791. The van der Waals surface area contributed by atoms with Crippen molar-refractivity contribution in [2.75, 3.05) is 7.11 Å². The van der Waals surface area contributed by atoms with Crippen LogP contribution in [0.5, 0.6) is 0 Å². The van der Waals surface area contributed by atoms with Gasteiger partial charge in [0.2, 0.25) is 0 Å². The Morgan fingerprint density at radius 2 is 2.13 bits per heavy atom. The summed E-state index contributed by atoms with van der Waals surface area (Å²) in [5, 5.41) is 0.907. The zero-order chi connectivity index (χ0) is 11.3. The predicted octanol–water partition coefficient (Wildman–Crippen LogP) is 1.55. The Bertz CT molecular complexity index is 336. The zero-order valence-corrected chi connectivity index (χ0v) is 11.0. The van der Waals surface area contributed by atoms with Gasteiger partial charge in [-0.15, -0.1) is 0 Å². The first kappa shape index (κ1) is 12.3. The van der Waals surface area contributed by atoms with Gasteiger partial charge in [-0.3, -0.25) is 0 Å². The minimum absolute atomic E-state index is 0.00889. The molecular formula is C12H16O2Se. The van der Waals surface area contributed by atoms with E-state index in [1.165, 1.54) is 17.1 Å². The Morgan fingerprint density at radius 3 is 2.73 bits per heavy atom. The quantitative estimate of drug-likeness (QED) is 0.613. The number of benzene rings is 1. The van der Waals surface area contributed by atoms with Crippen molar-refractivity contribution in [3.8, 4) is 0 Å². The summed E-state index contributed by atoms with van der Waals surface area (Å²) in [6.07, 6.45) is 0. The number of esters is 1. The van der Waals surface area contributed by atoms with E-state index in [1.54, 1.807) is 0 Å². The van der Waals surface area contributed by atoms with Gasteiger partial charge in [-0.25, -0.2) is 0 Å². The molecule has 1 unspecified atom stereocenters. The molecule has 0 saturated carbocycles. The van der Waals surface area contributed by atoms with E-state index in [0.717, 1.165) is 5.32 Å². The molecule has 0 aromatic heterocycles. The molecule has 1 atom stereocenters. The molecule has 1 aromatic carbocycles. The first-order chi connectivity index (χ1) is 7.15. The second-order valence-electron chi connectivity index (χ2n) is 3.50. The Morgan fingerprint density at radius 1 is 1.47 bits per heavy atom. The summed E-state index contributed by atoms with van der Waals surface area (Å²) in [4.78, 5) is 11.2. The Kier molecular flexibility index (Phi) is 4.86. The van der Waals surface area contributed by atoms with Gasteiger partial charge < -0.3 is 0 Å². The number of rotatable bonds is 4. The predicted molar refractivity (Wildman–Crippen MR) is 62.6 cm³/mol. The van der Waals surface area contributed by atoms with E-state index in [2.05, 4.69) is 19.1 Å². The van der Waals surface area contributed by atoms with Gasteiger partial charge in [-0.2, -0.15) is 0 Å². The molecule has 0 heterocycles. The molecule has 0 radical (unpaired) electrons. The van der Waals surface area contributed by atoms with Crippen LogP contribution in [0.4, 0.5) is 0 Å². The van der Waals surface area contributed by atoms with E-state index in [1.807, 2.05) is 19.1 Å². The van der Waals surface area contributed by atoms with Crippen LogP contribution in [0, 0.1) is 12.8 Å². The fourth-order valence-electron chi connectivity index (χ4n) is 1.20. The van der Waals surface area contributed by atoms with Gasteiger partial charge in [-0.1, -0.05) is 0 Å². The topological polar surface area (TPSA) is 26.3 Å². The van der Waals surface area contributed by atoms with Crippen molar-refractivity contribution in [1.82, 2.24) is 0 Å². The zero-order valence-electron chi connectivity index (χ0n) is 9.32. The molecule has 0 aliphatic heterocycles. The number of ether oxygens (including phenoxy) is 1. The van der Waals surface area contributed by atoms with E-state index in [0.29, 0.717) is 15.0 Å². The van der Waals surface area contributed by atoms with Crippen molar-refractivity contribution in [2.45, 2.75) is 19.2 Å². The normalized spacial score (nSPS) is 12.2. The maximum absolute atomic E-state index is 11.2. The molecule has 82 valence electrons. The summed E-state index contributed by atoms with van der Waals surface area (Å²) < 4.78 is 6.08. The van der Waals surface area contributed by atoms with Gasteiger partial charge in [0.15, 0.2) is 0 Å². The van der Waals surface area contributed by atoms with Crippen molar-refractivity contribution in [3.05, 3.63) is 29.8 Å². The molecule has 1 rings (SSSR count). The number of hydrogen-bond donors (Lipinski definition) is 0. The van der Waals surface area contributed by atoms with Crippen molar-refractivity contribution in [1.29, 1.82) is 0 Å². The average molecular weight is 271 g/mol. The van der Waals surface area contributed by atoms with E-state index in [9.17, 15) is 4.79 Å². The first-order valence-corrected chi connectivity index (χ1v) is 6.98. The van der Waals surface area contributed by atoms with Gasteiger partial charge in [0.25, 0.3) is 0 Å². The second-order valence-corrected chi connectivity index (χ2v) is 5.73. The minimum atomic E-state index is -0.106. The fraction of sp³-hybridized carbons (Fsp3) is 0.417. The van der Waals surface area contributed by atoms with Gasteiger partial charge >= 0.3 is 96.9 Å². The van der Waals surface area contributed by atoms with Crippen LogP contribution in [0.25, 0.3) is 0 Å². The van der Waals surface area contributed by atoms with Crippen LogP contribution in [0.1, 0.15) is 12.5 Å². The van der Waals surface area contributed by atoms with Gasteiger partial charge in [0, 0.05) is 0 Å². The molecule has 1 aromatic rings. The van der Waals surface area contributed by atoms with Crippen LogP contribution in [0.3, 0.4) is 0 Å². The van der Waals surface area contributed by atoms with Crippen molar-refractivity contribution in [3.63, 3.8) is 0 Å². The third-order valence-electron chi connectivity index (χ3n) is 2.19. The van der Waals surface area contributed by atoms with Crippen molar-refractivity contribution >= 4 is 25.4 Å². The number of carbonyl (C=O) groups is 1. The Balaban J connectivity index is 2.50. The molecule has 0 fully saturated rings. The van der Waals surface area contributed by atoms with Crippen LogP contribution in [-0.4, -0.2) is 28.0 Å². The van der Waals surface area contributed by atoms with Gasteiger partial charge in [-0.05, 0) is 0 Å². The van der Waals surface area contributed by atoms with Gasteiger partial charge in [0.1, 0.15) is 0 Å². The second kappa shape index (κ2) is 5.94. The standard InChI is InChI=1S/C12H16O2Se/c1-9-6-4-5-7-11(9)15-8-10(2)12(13)14-3/h4-7,10H,8H2,1-3H3. The molecule has 0 bridgehead atoms. The van der Waals surface area contributed by atoms with Crippen molar-refractivity contribution < 1.29 is 9.53 Å². The van der Waals surface area contributed by atoms with Crippen LogP contribution in [-0.2, 0) is 9.53 Å². The summed E-state index contributed by atoms with van der Waals surface area (Å²) in [6, 6.07) is 8.34. The van der Waals surface area contributed by atoms with Crippen LogP contribution >= 0.6 is 0 Å². The first-order valence-electron chi connectivity index (χ1n) is 4.91. The van der Waals surface area contributed by atoms with E-state index < -0.39 is 0 Å². The Labute approximate surface area is 97.2 Å². The molecule has 0 amide bonds. The van der Waals surface area contributed by atoms with Crippen molar-refractivity contribution in [2.24, 2.45) is 5.92 Å². The SMILES string of the molecule is COC(=O)C(C)C[Se]c1ccccc1C. The monoisotopic (exact) mass is 272 g/mol. The number of hydrogen-bond acceptors (Lipinski definition) is 2. The van der Waals surface area contributed by atoms with Gasteiger partial charge in [0.05, 0.1) is 0 Å². The molecule has 3 heteroatoms. The van der Waals surface area contributed by atoms with Crippen LogP contribution < -0.4 is 4.46 Å². The number of carbonyl (C=O) groups excluding carboxylic acids is 1. The molecule has 2 nitrogen and oxygen atoms in total. The number of aryl methyl sites for hydroxylation is 1. The molecule has 15 heavy (non-hydrogen) atoms. The number of methoxy groups -OCH3 is 1. The summed E-state index contributed by atoms with van der Waals surface area (Å²) in [5.41, 5.74) is 1.31. The molecule has 0 aliphatic rings. The van der Waals surface area contributed by atoms with Crippen LogP contribution in [0.15, 0.2) is 24.3 Å². The summed E-state index contributed by atoms with van der Waals surface area (Å²) >= 11 is 0.360. The average Bonchev–Trinajstić information content (AvgIpc) is 2.26. The van der Waals surface area contributed by atoms with E-state index in [4.69, 9.17) is 4.74 Å². The van der Waals surface area contributed by atoms with E-state index >= 15 is 0 Å². The summed E-state index contributed by atoms with van der Waals surface area (Å²) in [5.74, 6) is -0.0972. The maximum atomic E-state index is 11.2. The summed E-state index contributed by atoms with van der Waals surface area (Å²) in [6.45, 7) is 4.03. The summed E-state index contributed by atoms with van der Waals surface area (Å²) in [7, 11) is 1.44. The molecule has 0 aliphatic carbocycles. The fourth-order valence-corrected chi connectivity index (χ4v) is 3.38. The molecule has 0 spiro atoms. The van der Waals surface area contributed by atoms with Crippen LogP contribution in [0.2, 0.25) is 5.32 Å². The third kappa shape index (κ3) is 3.69. The molecular weight excluding hydrogens is 255 g/mol. The molecule has 0 saturated heterocycles.